The predicted molar refractivity (Wildman–Crippen MR) is 96.0 cm³/mol. The minimum Gasteiger partial charge on any atom is -0.285 e. The summed E-state index contributed by atoms with van der Waals surface area (Å²) >= 11 is 6.17. The van der Waals surface area contributed by atoms with Gasteiger partial charge in [0.2, 0.25) is 0 Å². The fourth-order valence-corrected chi connectivity index (χ4v) is 2.83. The Labute approximate surface area is 148 Å². The molecule has 4 rings (SSSR count). The minimum absolute atomic E-state index is 0.212. The average molecular weight is 352 g/mol. The van der Waals surface area contributed by atoms with Gasteiger partial charge in [0, 0.05) is 16.8 Å². The van der Waals surface area contributed by atoms with Gasteiger partial charge in [-0.15, -0.1) is 0 Å². The number of rotatable bonds is 4. The zero-order valence-electron chi connectivity index (χ0n) is 13.1. The number of halogens is 1. The molecule has 0 amide bonds. The van der Waals surface area contributed by atoms with Crippen LogP contribution in [0.25, 0.3) is 16.8 Å². The third kappa shape index (κ3) is 2.99. The summed E-state index contributed by atoms with van der Waals surface area (Å²) in [6, 6.07) is 15.0. The van der Waals surface area contributed by atoms with Crippen molar-refractivity contribution in [3.05, 3.63) is 88.3 Å². The first-order valence-corrected chi connectivity index (χ1v) is 8.07. The van der Waals surface area contributed by atoms with E-state index < -0.39 is 0 Å². The van der Waals surface area contributed by atoms with Gasteiger partial charge in [-0.05, 0) is 29.3 Å². The molecule has 0 radical (unpaired) electrons. The van der Waals surface area contributed by atoms with Crippen LogP contribution in [-0.4, -0.2) is 24.5 Å². The molecule has 0 spiro atoms. The monoisotopic (exact) mass is 351 g/mol. The molecule has 0 fully saturated rings. The molecule has 0 saturated heterocycles. The van der Waals surface area contributed by atoms with Crippen molar-refractivity contribution >= 4 is 11.6 Å². The number of H-pyrrole nitrogens is 1. The van der Waals surface area contributed by atoms with E-state index in [2.05, 4.69) is 15.3 Å². The highest BCUT2D eigenvalue weighted by Gasteiger charge is 2.09. The topological polar surface area (TPSA) is 68.5 Å². The van der Waals surface area contributed by atoms with E-state index in [1.807, 2.05) is 48.7 Å². The second-order valence-electron chi connectivity index (χ2n) is 5.58. The second kappa shape index (κ2) is 6.41. The highest BCUT2D eigenvalue weighted by atomic mass is 35.5. The molecule has 1 N–H and O–H groups in total. The molecule has 4 aromatic rings. The molecular weight excluding hydrogens is 338 g/mol. The van der Waals surface area contributed by atoms with E-state index in [1.54, 1.807) is 12.3 Å². The van der Waals surface area contributed by atoms with Crippen LogP contribution in [-0.2, 0) is 6.54 Å². The maximum Gasteiger partial charge on any atom is 0.350 e. The summed E-state index contributed by atoms with van der Waals surface area (Å²) in [5.41, 5.74) is 3.37. The number of benzene rings is 2. The van der Waals surface area contributed by atoms with E-state index in [4.69, 9.17) is 11.6 Å². The van der Waals surface area contributed by atoms with Gasteiger partial charge in [-0.1, -0.05) is 41.9 Å². The molecule has 0 aliphatic heterocycles. The maximum absolute atomic E-state index is 12.6. The fourth-order valence-electron chi connectivity index (χ4n) is 2.63. The van der Waals surface area contributed by atoms with Crippen molar-refractivity contribution in [2.45, 2.75) is 6.54 Å². The number of aromatic nitrogens is 5. The summed E-state index contributed by atoms with van der Waals surface area (Å²) in [4.78, 5) is 12.6. The lowest BCUT2D eigenvalue weighted by atomic mass is 10.1. The molecule has 0 atom stereocenters. The lowest BCUT2D eigenvalue weighted by molar-refractivity contribution is 0.738. The summed E-state index contributed by atoms with van der Waals surface area (Å²) in [5, 5.41) is 11.6. The number of aromatic amines is 1. The van der Waals surface area contributed by atoms with E-state index in [0.29, 0.717) is 17.3 Å². The smallest absolute Gasteiger partial charge is 0.285 e. The Morgan fingerprint density at radius 2 is 1.84 bits per heavy atom. The van der Waals surface area contributed by atoms with Crippen LogP contribution >= 0.6 is 11.6 Å². The molecule has 2 aromatic carbocycles. The predicted octanol–water partition coefficient (Wildman–Crippen LogP) is 3.13. The van der Waals surface area contributed by atoms with Gasteiger partial charge in [0.05, 0.1) is 18.4 Å². The third-order valence-corrected chi connectivity index (χ3v) is 4.34. The third-order valence-electron chi connectivity index (χ3n) is 3.98. The van der Waals surface area contributed by atoms with Crippen LogP contribution in [0.3, 0.4) is 0 Å². The van der Waals surface area contributed by atoms with Gasteiger partial charge >= 0.3 is 5.69 Å². The SMILES string of the molecule is O=c1n(Cc2ccccc2Cl)cnn1-c1ccc(-c2cn[nH]c2)cc1. The van der Waals surface area contributed by atoms with Gasteiger partial charge in [-0.2, -0.15) is 14.9 Å². The number of nitrogens with zero attached hydrogens (tertiary/aromatic N) is 4. The van der Waals surface area contributed by atoms with Gasteiger partial charge in [-0.3, -0.25) is 9.67 Å². The molecular formula is C18H14ClN5O. The molecule has 0 aliphatic carbocycles. The lowest BCUT2D eigenvalue weighted by Crippen LogP contribution is -2.24. The molecule has 124 valence electrons. The minimum atomic E-state index is -0.212. The fraction of sp³-hybridized carbons (Fsp3) is 0.0556. The first kappa shape index (κ1) is 15.4. The first-order valence-electron chi connectivity index (χ1n) is 7.70. The van der Waals surface area contributed by atoms with Gasteiger partial charge < -0.3 is 0 Å². The zero-order valence-corrected chi connectivity index (χ0v) is 13.9. The van der Waals surface area contributed by atoms with E-state index in [1.165, 1.54) is 15.6 Å². The Bertz CT molecular complexity index is 1050. The molecule has 0 unspecified atom stereocenters. The van der Waals surface area contributed by atoms with E-state index in [9.17, 15) is 4.79 Å². The molecule has 0 aliphatic rings. The van der Waals surface area contributed by atoms with Gasteiger partial charge in [0.15, 0.2) is 0 Å². The first-order chi connectivity index (χ1) is 12.2. The Morgan fingerprint density at radius 3 is 2.56 bits per heavy atom. The number of nitrogens with one attached hydrogen (secondary N) is 1. The van der Waals surface area contributed by atoms with Crippen molar-refractivity contribution in [2.24, 2.45) is 0 Å². The molecule has 2 heterocycles. The quantitative estimate of drug-likeness (QED) is 0.614. The normalized spacial score (nSPS) is 10.9. The van der Waals surface area contributed by atoms with E-state index >= 15 is 0 Å². The largest absolute Gasteiger partial charge is 0.350 e. The van der Waals surface area contributed by atoms with Crippen molar-refractivity contribution in [1.82, 2.24) is 24.5 Å². The van der Waals surface area contributed by atoms with Crippen LogP contribution in [0.4, 0.5) is 0 Å². The maximum atomic E-state index is 12.6. The van der Waals surface area contributed by atoms with Crippen LogP contribution in [0.1, 0.15) is 5.56 Å². The Balaban J connectivity index is 1.63. The number of hydrogen-bond donors (Lipinski definition) is 1. The lowest BCUT2D eigenvalue weighted by Gasteiger charge is -2.04. The molecule has 2 aromatic heterocycles. The van der Waals surface area contributed by atoms with Crippen LogP contribution in [0.15, 0.2) is 72.0 Å². The Kier molecular flexibility index (Phi) is 3.95. The Morgan fingerprint density at radius 1 is 1.04 bits per heavy atom. The van der Waals surface area contributed by atoms with Crippen molar-refractivity contribution < 1.29 is 0 Å². The van der Waals surface area contributed by atoms with Crippen molar-refractivity contribution in [2.75, 3.05) is 0 Å². The number of hydrogen-bond acceptors (Lipinski definition) is 3. The molecule has 7 heteroatoms. The molecule has 0 bridgehead atoms. The van der Waals surface area contributed by atoms with Crippen molar-refractivity contribution in [3.8, 4) is 16.8 Å². The highest BCUT2D eigenvalue weighted by molar-refractivity contribution is 6.31. The van der Waals surface area contributed by atoms with Gasteiger partial charge in [-0.25, -0.2) is 4.79 Å². The van der Waals surface area contributed by atoms with Gasteiger partial charge in [0.25, 0.3) is 0 Å². The van der Waals surface area contributed by atoms with Crippen molar-refractivity contribution in [1.29, 1.82) is 0 Å². The standard InChI is InChI=1S/C18H14ClN5O/c19-17-4-2-1-3-14(17)11-23-12-22-24(18(23)25)16-7-5-13(6-8-16)15-9-20-21-10-15/h1-10,12H,11H2,(H,20,21). The van der Waals surface area contributed by atoms with Crippen molar-refractivity contribution in [3.63, 3.8) is 0 Å². The molecule has 6 nitrogen and oxygen atoms in total. The zero-order chi connectivity index (χ0) is 17.2. The molecule has 0 saturated carbocycles. The van der Waals surface area contributed by atoms with E-state index in [0.717, 1.165) is 16.7 Å². The molecule has 25 heavy (non-hydrogen) atoms. The highest BCUT2D eigenvalue weighted by Crippen LogP contribution is 2.19. The van der Waals surface area contributed by atoms with Crippen LogP contribution in [0, 0.1) is 0 Å². The van der Waals surface area contributed by atoms with Crippen LogP contribution < -0.4 is 5.69 Å². The van der Waals surface area contributed by atoms with Crippen LogP contribution in [0.5, 0.6) is 0 Å². The summed E-state index contributed by atoms with van der Waals surface area (Å²) in [6.07, 6.45) is 5.09. The average Bonchev–Trinajstić information content (AvgIpc) is 3.28. The summed E-state index contributed by atoms with van der Waals surface area (Å²) in [5.74, 6) is 0. The Hall–Kier alpha value is -3.12. The second-order valence-corrected chi connectivity index (χ2v) is 5.99. The van der Waals surface area contributed by atoms with E-state index in [-0.39, 0.29) is 5.69 Å². The van der Waals surface area contributed by atoms with Gasteiger partial charge in [0.1, 0.15) is 6.33 Å². The summed E-state index contributed by atoms with van der Waals surface area (Å²) in [7, 11) is 0. The summed E-state index contributed by atoms with van der Waals surface area (Å²) < 4.78 is 2.90. The van der Waals surface area contributed by atoms with Crippen LogP contribution in [0.2, 0.25) is 5.02 Å². The summed E-state index contributed by atoms with van der Waals surface area (Å²) in [6.45, 7) is 0.381.